The van der Waals surface area contributed by atoms with Gasteiger partial charge in [0.05, 0.1) is 0 Å². The van der Waals surface area contributed by atoms with Crippen molar-refractivity contribution in [3.63, 3.8) is 0 Å². The summed E-state index contributed by atoms with van der Waals surface area (Å²) in [5.74, 6) is -3.83. The van der Waals surface area contributed by atoms with Gasteiger partial charge in [-0.05, 0) is 52.8 Å². The summed E-state index contributed by atoms with van der Waals surface area (Å²) < 4.78 is 54.9. The van der Waals surface area contributed by atoms with Gasteiger partial charge in [0.1, 0.15) is 11.3 Å². The molecule has 3 rings (SSSR count). The van der Waals surface area contributed by atoms with Crippen molar-refractivity contribution in [1.82, 2.24) is 0 Å². The number of rotatable bonds is 4. The smallest absolute Gasteiger partial charge is 0.504 e. The van der Waals surface area contributed by atoms with Gasteiger partial charge < -0.3 is 14.9 Å². The highest BCUT2D eigenvalue weighted by atomic mass is 19.4. The van der Waals surface area contributed by atoms with Crippen LogP contribution in [0.1, 0.15) is 22.8 Å². The lowest BCUT2D eigenvalue weighted by atomic mass is 9.92. The zero-order valence-electron chi connectivity index (χ0n) is 14.5. The molecule has 0 saturated heterocycles. The van der Waals surface area contributed by atoms with E-state index in [1.807, 2.05) is 0 Å². The van der Waals surface area contributed by atoms with Crippen molar-refractivity contribution in [3.05, 3.63) is 59.4 Å². The summed E-state index contributed by atoms with van der Waals surface area (Å²) in [6, 6.07) is 9.69. The van der Waals surface area contributed by atoms with Gasteiger partial charge in [0.25, 0.3) is 0 Å². The second kappa shape index (κ2) is 7.03. The van der Waals surface area contributed by atoms with E-state index < -0.39 is 29.5 Å². The molecule has 0 aliphatic carbocycles. The Hall–Kier alpha value is -3.29. The lowest BCUT2D eigenvalue weighted by molar-refractivity contribution is -0.274. The molecule has 0 saturated carbocycles. The quantitative estimate of drug-likeness (QED) is 0.573. The van der Waals surface area contributed by atoms with E-state index in [0.29, 0.717) is 16.5 Å². The van der Waals surface area contributed by atoms with Crippen molar-refractivity contribution < 1.29 is 37.3 Å². The molecule has 28 heavy (non-hydrogen) atoms. The number of ether oxygens (including phenoxy) is 1. The Morgan fingerprint density at radius 1 is 1.04 bits per heavy atom. The highest BCUT2D eigenvalue weighted by Crippen LogP contribution is 2.37. The van der Waals surface area contributed by atoms with Crippen molar-refractivity contribution in [2.75, 3.05) is 0 Å². The Bertz CT molecular complexity index is 1060. The lowest BCUT2D eigenvalue weighted by Crippen LogP contribution is -2.16. The van der Waals surface area contributed by atoms with E-state index in [9.17, 15) is 32.6 Å². The van der Waals surface area contributed by atoms with Gasteiger partial charge in [0.2, 0.25) is 0 Å². The predicted molar refractivity (Wildman–Crippen MR) is 94.0 cm³/mol. The number of phenolic OH excluding ortho intramolecular Hbond substituents is 1. The number of phenols is 1. The molecule has 0 aromatic heterocycles. The van der Waals surface area contributed by atoms with Gasteiger partial charge in [0.15, 0.2) is 11.6 Å². The number of hydrogen-bond acceptors (Lipinski definition) is 3. The number of hydrogen-bond donors (Lipinski definition) is 2. The molecule has 3 aromatic carbocycles. The molecule has 0 radical (unpaired) electrons. The van der Waals surface area contributed by atoms with Crippen molar-refractivity contribution >= 4 is 16.7 Å². The van der Waals surface area contributed by atoms with Crippen molar-refractivity contribution in [2.45, 2.75) is 19.7 Å². The van der Waals surface area contributed by atoms with Crippen LogP contribution in [0.3, 0.4) is 0 Å². The van der Waals surface area contributed by atoms with Gasteiger partial charge in [-0.2, -0.15) is 0 Å². The summed E-state index contributed by atoms with van der Waals surface area (Å²) >= 11 is 0. The van der Waals surface area contributed by atoms with Gasteiger partial charge in [-0.25, -0.2) is 9.18 Å². The van der Waals surface area contributed by atoms with Crippen LogP contribution in [0.2, 0.25) is 0 Å². The predicted octanol–water partition coefficient (Wildman–Crippen LogP) is 5.51. The van der Waals surface area contributed by atoms with Gasteiger partial charge in [-0.15, -0.1) is 13.2 Å². The zero-order chi connectivity index (χ0) is 20.6. The lowest BCUT2D eigenvalue weighted by Gasteiger charge is -2.14. The van der Waals surface area contributed by atoms with Crippen LogP contribution >= 0.6 is 0 Å². The maximum atomic E-state index is 14.3. The third-order valence-electron chi connectivity index (χ3n) is 4.32. The first-order chi connectivity index (χ1) is 13.1. The minimum absolute atomic E-state index is 0.153. The van der Waals surface area contributed by atoms with E-state index in [-0.39, 0.29) is 23.1 Å². The van der Waals surface area contributed by atoms with Gasteiger partial charge in [0, 0.05) is 5.39 Å². The average Bonchev–Trinajstić information content (AvgIpc) is 2.63. The number of fused-ring (bicyclic) bond motifs is 1. The summed E-state index contributed by atoms with van der Waals surface area (Å²) in [4.78, 5) is 11.4. The fourth-order valence-corrected chi connectivity index (χ4v) is 3.12. The van der Waals surface area contributed by atoms with E-state index in [0.717, 1.165) is 12.1 Å². The molecule has 146 valence electrons. The molecule has 4 nitrogen and oxygen atoms in total. The summed E-state index contributed by atoms with van der Waals surface area (Å²) in [5.41, 5.74) is 0.720. The summed E-state index contributed by atoms with van der Waals surface area (Å²) in [7, 11) is 0. The van der Waals surface area contributed by atoms with Crippen LogP contribution in [-0.4, -0.2) is 22.5 Å². The number of aryl methyl sites for hydroxylation is 1. The molecule has 0 amide bonds. The molecule has 0 heterocycles. The van der Waals surface area contributed by atoms with Crippen LogP contribution in [0.5, 0.6) is 11.5 Å². The molecule has 2 N–H and O–H groups in total. The normalized spacial score (nSPS) is 11.6. The molecule has 0 aliphatic rings. The summed E-state index contributed by atoms with van der Waals surface area (Å²) in [6.45, 7) is 1.66. The Kier molecular flexibility index (Phi) is 4.89. The summed E-state index contributed by atoms with van der Waals surface area (Å²) in [6.07, 6.45) is -4.59. The van der Waals surface area contributed by atoms with Gasteiger partial charge in [-0.1, -0.05) is 25.1 Å². The molecule has 0 spiro atoms. The van der Waals surface area contributed by atoms with Crippen LogP contribution in [0, 0.1) is 5.82 Å². The van der Waals surface area contributed by atoms with Crippen LogP contribution < -0.4 is 4.74 Å². The number of aromatic carboxylic acids is 1. The molecule has 3 aromatic rings. The Morgan fingerprint density at radius 3 is 2.18 bits per heavy atom. The first kappa shape index (κ1) is 19.5. The number of carbonyl (C=O) groups is 1. The summed E-state index contributed by atoms with van der Waals surface area (Å²) in [5, 5.41) is 19.9. The molecule has 0 fully saturated rings. The standard InChI is InChI=1S/C20H14F4O4/c1-2-13-15-9-11(10-3-6-12(7-4-10)28-20(22,23)24)5-8-14(15)18(25)17(21)16(13)19(26)27/h3-9,25H,2H2,1H3,(H,26,27). The molecular formula is C20H14F4O4. The number of benzene rings is 3. The average molecular weight is 394 g/mol. The number of alkyl halides is 3. The fraction of sp³-hybridized carbons (Fsp3) is 0.150. The zero-order valence-corrected chi connectivity index (χ0v) is 14.5. The maximum Gasteiger partial charge on any atom is 0.573 e. The van der Waals surface area contributed by atoms with Gasteiger partial charge >= 0.3 is 12.3 Å². The van der Waals surface area contributed by atoms with E-state index in [1.165, 1.54) is 18.2 Å². The minimum Gasteiger partial charge on any atom is -0.504 e. The fourth-order valence-electron chi connectivity index (χ4n) is 3.12. The second-order valence-electron chi connectivity index (χ2n) is 6.01. The molecular weight excluding hydrogens is 380 g/mol. The van der Waals surface area contributed by atoms with E-state index in [4.69, 9.17) is 0 Å². The van der Waals surface area contributed by atoms with Gasteiger partial charge in [-0.3, -0.25) is 0 Å². The highest BCUT2D eigenvalue weighted by molar-refractivity contribution is 6.02. The number of aromatic hydroxyl groups is 1. The molecule has 8 heteroatoms. The van der Waals surface area contributed by atoms with E-state index >= 15 is 0 Å². The SMILES string of the molecule is CCc1c(C(=O)O)c(F)c(O)c2ccc(-c3ccc(OC(F)(F)F)cc3)cc12. The third kappa shape index (κ3) is 3.58. The Labute approximate surface area is 156 Å². The van der Waals surface area contributed by atoms with Crippen LogP contribution in [0.15, 0.2) is 42.5 Å². The van der Waals surface area contributed by atoms with Crippen LogP contribution in [-0.2, 0) is 6.42 Å². The van der Waals surface area contributed by atoms with Crippen molar-refractivity contribution in [3.8, 4) is 22.6 Å². The third-order valence-corrected chi connectivity index (χ3v) is 4.32. The number of halogens is 4. The van der Waals surface area contributed by atoms with Crippen molar-refractivity contribution in [1.29, 1.82) is 0 Å². The number of carboxylic acids is 1. The van der Waals surface area contributed by atoms with E-state index in [2.05, 4.69) is 4.74 Å². The van der Waals surface area contributed by atoms with Crippen LogP contribution in [0.4, 0.5) is 17.6 Å². The largest absolute Gasteiger partial charge is 0.573 e. The number of carboxylic acid groups (broad SMARTS) is 1. The molecule has 0 aliphatic heterocycles. The maximum absolute atomic E-state index is 14.3. The first-order valence-electron chi connectivity index (χ1n) is 8.19. The molecule has 0 atom stereocenters. The first-order valence-corrected chi connectivity index (χ1v) is 8.19. The molecule has 0 bridgehead atoms. The van der Waals surface area contributed by atoms with E-state index in [1.54, 1.807) is 19.1 Å². The topological polar surface area (TPSA) is 66.8 Å². The minimum atomic E-state index is -4.80. The Balaban J connectivity index is 2.14. The second-order valence-corrected chi connectivity index (χ2v) is 6.01. The highest BCUT2D eigenvalue weighted by Gasteiger charge is 2.31. The molecule has 0 unspecified atom stereocenters. The Morgan fingerprint density at radius 2 is 1.64 bits per heavy atom. The monoisotopic (exact) mass is 394 g/mol. The van der Waals surface area contributed by atoms with Crippen LogP contribution in [0.25, 0.3) is 21.9 Å². The van der Waals surface area contributed by atoms with Crippen molar-refractivity contribution in [2.24, 2.45) is 0 Å².